The number of nitrogens with zero attached hydrogens (tertiary/aromatic N) is 1. The second-order valence-corrected chi connectivity index (χ2v) is 15.7. The summed E-state index contributed by atoms with van der Waals surface area (Å²) in [6.45, 7) is -2.30. The predicted octanol–water partition coefficient (Wildman–Crippen LogP) is 5.76. The number of hydrogen-bond acceptors (Lipinski definition) is 1. The van der Waals surface area contributed by atoms with Crippen LogP contribution in [0.25, 0.3) is 0 Å². The molecule has 0 spiro atoms. The van der Waals surface area contributed by atoms with E-state index >= 15 is 0 Å². The lowest BCUT2D eigenvalue weighted by molar-refractivity contribution is 0.687. The van der Waals surface area contributed by atoms with Crippen molar-refractivity contribution in [2.24, 2.45) is 0 Å². The van der Waals surface area contributed by atoms with E-state index in [1.54, 1.807) is 0 Å². The fourth-order valence-electron chi connectivity index (χ4n) is 4.90. The molecule has 0 unspecified atom stereocenters. The largest absolute Gasteiger partial charge is 0.277 e. The van der Waals surface area contributed by atoms with Crippen molar-refractivity contribution in [3.63, 3.8) is 0 Å². The van der Waals surface area contributed by atoms with Gasteiger partial charge in [0.1, 0.15) is 0 Å². The van der Waals surface area contributed by atoms with Crippen LogP contribution in [0.15, 0.2) is 152 Å². The van der Waals surface area contributed by atoms with Gasteiger partial charge in [-0.3, -0.25) is 4.67 Å². The van der Waals surface area contributed by atoms with E-state index in [9.17, 15) is 0 Å². The highest BCUT2D eigenvalue weighted by Crippen LogP contribution is 2.53. The Morgan fingerprint density at radius 1 is 0.389 bits per heavy atom. The summed E-state index contributed by atoms with van der Waals surface area (Å²) in [4.78, 5) is 0. The Kier molecular flexibility index (Phi) is 7.29. The standard InChI is InChI=1S/C33H31NP2/c1-34(2)36(32-24-14-6-15-25-32,33-26-16-7-17-27-33)28-35(29-18-8-3-9-19-29,30-20-10-4-11-21-30)31-22-12-5-13-23-31/h3-27H,1-2H3. The summed E-state index contributed by atoms with van der Waals surface area (Å²) in [5.74, 6) is 0. The lowest BCUT2D eigenvalue weighted by Gasteiger charge is -2.35. The molecule has 0 amide bonds. The normalized spacial score (nSPS) is 11.8. The molecule has 178 valence electrons. The quantitative estimate of drug-likeness (QED) is 0.266. The van der Waals surface area contributed by atoms with E-state index in [-0.39, 0.29) is 0 Å². The first-order valence-corrected chi connectivity index (χ1v) is 15.7. The number of benzene rings is 5. The summed E-state index contributed by atoms with van der Waals surface area (Å²) in [7, 11) is 2.18. The Morgan fingerprint density at radius 3 is 0.889 bits per heavy atom. The maximum atomic E-state index is 4.51. The van der Waals surface area contributed by atoms with Gasteiger partial charge in [-0.1, -0.05) is 157 Å². The van der Waals surface area contributed by atoms with Gasteiger partial charge in [-0.05, 0) is 30.0 Å². The van der Waals surface area contributed by atoms with E-state index in [1.165, 1.54) is 26.5 Å². The Balaban J connectivity index is 2.17. The molecule has 1 nitrogen and oxygen atoms in total. The maximum Gasteiger partial charge on any atom is 0.0499 e. The molecule has 0 bridgehead atoms. The minimum absolute atomic E-state index is 1.31. The monoisotopic (exact) mass is 503 g/mol. The van der Waals surface area contributed by atoms with Gasteiger partial charge in [-0.15, -0.1) is 0 Å². The van der Waals surface area contributed by atoms with Gasteiger partial charge in [-0.2, -0.15) is 0 Å². The van der Waals surface area contributed by atoms with Crippen molar-refractivity contribution < 1.29 is 0 Å². The molecule has 0 radical (unpaired) electrons. The Labute approximate surface area is 215 Å². The SMILES string of the molecule is CN(C)P(=C=P(c1ccccc1)(c1ccccc1)c1ccccc1)(c1ccccc1)c1ccccc1. The van der Waals surface area contributed by atoms with Gasteiger partial charge >= 0.3 is 0 Å². The van der Waals surface area contributed by atoms with E-state index in [0.29, 0.717) is 0 Å². The Morgan fingerprint density at radius 2 is 0.639 bits per heavy atom. The maximum absolute atomic E-state index is 4.51. The third kappa shape index (κ3) is 4.37. The van der Waals surface area contributed by atoms with Gasteiger partial charge in [0.05, 0.1) is 0 Å². The van der Waals surface area contributed by atoms with E-state index in [0.717, 1.165) is 0 Å². The Hall–Kier alpha value is -3.30. The summed E-state index contributed by atoms with van der Waals surface area (Å²) in [5.41, 5.74) is 0. The molecule has 0 aliphatic heterocycles. The average Bonchev–Trinajstić information content (AvgIpc) is 2.96. The smallest absolute Gasteiger partial charge is 0.0499 e. The first kappa shape index (κ1) is 24.4. The second-order valence-electron chi connectivity index (χ2n) is 8.93. The highest BCUT2D eigenvalue weighted by Gasteiger charge is 2.31. The molecule has 0 atom stereocenters. The molecule has 0 N–H and O–H groups in total. The molecule has 0 saturated carbocycles. The molecule has 0 aliphatic carbocycles. The molecule has 0 aromatic heterocycles. The van der Waals surface area contributed by atoms with Crippen LogP contribution in [-0.2, 0) is 0 Å². The molecule has 36 heavy (non-hydrogen) atoms. The lowest BCUT2D eigenvalue weighted by Crippen LogP contribution is -2.31. The first-order valence-electron chi connectivity index (χ1n) is 12.2. The second kappa shape index (κ2) is 10.8. The van der Waals surface area contributed by atoms with E-state index in [4.69, 9.17) is 0 Å². The van der Waals surface area contributed by atoms with Crippen molar-refractivity contribution in [1.29, 1.82) is 0 Å². The number of hydrogen-bond donors (Lipinski definition) is 0. The van der Waals surface area contributed by atoms with Gasteiger partial charge in [0.2, 0.25) is 0 Å². The molecule has 5 rings (SSSR count). The summed E-state index contributed by atoms with van der Waals surface area (Å²) in [6.07, 6.45) is 0. The van der Waals surface area contributed by atoms with Crippen LogP contribution in [-0.4, -0.2) is 23.9 Å². The van der Waals surface area contributed by atoms with Gasteiger partial charge in [0.25, 0.3) is 0 Å². The topological polar surface area (TPSA) is 3.24 Å². The zero-order chi connectivity index (χ0) is 24.8. The van der Waals surface area contributed by atoms with Crippen molar-refractivity contribution in [3.8, 4) is 0 Å². The summed E-state index contributed by atoms with van der Waals surface area (Å²) in [6, 6.07) is 55.0. The predicted molar refractivity (Wildman–Crippen MR) is 163 cm³/mol. The summed E-state index contributed by atoms with van der Waals surface area (Å²) < 4.78 is 2.43. The van der Waals surface area contributed by atoms with Crippen LogP contribution < -0.4 is 26.5 Å². The van der Waals surface area contributed by atoms with Crippen molar-refractivity contribution >= 4 is 45.6 Å². The van der Waals surface area contributed by atoms with Crippen LogP contribution in [0, 0.1) is 0 Å². The Bertz CT molecular complexity index is 1380. The molecule has 0 fully saturated rings. The summed E-state index contributed by atoms with van der Waals surface area (Å²) in [5, 5.41) is 11.1. The summed E-state index contributed by atoms with van der Waals surface area (Å²) >= 11 is 0. The molecule has 3 heteroatoms. The van der Waals surface area contributed by atoms with Crippen LogP contribution in [0.1, 0.15) is 0 Å². The molecule has 0 aliphatic rings. The van der Waals surface area contributed by atoms with Gasteiger partial charge in [0.15, 0.2) is 0 Å². The van der Waals surface area contributed by atoms with Crippen molar-refractivity contribution in [1.82, 2.24) is 4.67 Å². The zero-order valence-corrected chi connectivity index (χ0v) is 22.6. The molecule has 0 heterocycles. The van der Waals surface area contributed by atoms with Crippen molar-refractivity contribution in [3.05, 3.63) is 152 Å². The molecular weight excluding hydrogens is 472 g/mol. The fourth-order valence-corrected chi connectivity index (χ4v) is 14.8. The van der Waals surface area contributed by atoms with Crippen LogP contribution in [0.3, 0.4) is 0 Å². The first-order chi connectivity index (χ1) is 17.7. The number of rotatable bonds is 6. The lowest BCUT2D eigenvalue weighted by atomic mass is 10.4. The third-order valence-electron chi connectivity index (χ3n) is 6.58. The molecular formula is C33H31NP2. The highest BCUT2D eigenvalue weighted by atomic mass is 31.2. The third-order valence-corrected chi connectivity index (χ3v) is 15.5. The van der Waals surface area contributed by atoms with Gasteiger partial charge < -0.3 is 0 Å². The van der Waals surface area contributed by atoms with Gasteiger partial charge in [0, 0.05) is 24.5 Å². The molecule has 0 saturated heterocycles. The average molecular weight is 504 g/mol. The minimum atomic E-state index is -2.30. The van der Waals surface area contributed by atoms with E-state index < -0.39 is 13.9 Å². The van der Waals surface area contributed by atoms with Crippen LogP contribution in [0.2, 0.25) is 0 Å². The molecule has 5 aromatic rings. The van der Waals surface area contributed by atoms with Crippen LogP contribution in [0.4, 0.5) is 0 Å². The zero-order valence-electron chi connectivity index (χ0n) is 20.8. The minimum Gasteiger partial charge on any atom is -0.277 e. The van der Waals surface area contributed by atoms with Gasteiger partial charge in [-0.25, -0.2) is 0 Å². The van der Waals surface area contributed by atoms with E-state index in [1.807, 2.05) is 0 Å². The van der Waals surface area contributed by atoms with Crippen molar-refractivity contribution in [2.75, 3.05) is 14.1 Å². The highest BCUT2D eigenvalue weighted by molar-refractivity contribution is 8.03. The molecule has 5 aromatic carbocycles. The van der Waals surface area contributed by atoms with E-state index in [2.05, 4.69) is 176 Å². The van der Waals surface area contributed by atoms with Crippen LogP contribution >= 0.6 is 13.9 Å². The van der Waals surface area contributed by atoms with Crippen LogP contribution in [0.5, 0.6) is 0 Å². The fraction of sp³-hybridized carbons (Fsp3) is 0.0606. The van der Waals surface area contributed by atoms with Crippen molar-refractivity contribution in [2.45, 2.75) is 0 Å².